The minimum absolute atomic E-state index is 0.0225. The van der Waals surface area contributed by atoms with E-state index < -0.39 is 12.0 Å². The van der Waals surface area contributed by atoms with Gasteiger partial charge in [0.2, 0.25) is 16.9 Å². The average molecular weight is 266 g/mol. The molecule has 94 valence electrons. The second-order valence-corrected chi connectivity index (χ2v) is 4.43. The molecule has 2 heterocycles. The Morgan fingerprint density at radius 3 is 2.65 bits per heavy atom. The van der Waals surface area contributed by atoms with Gasteiger partial charge in [0, 0.05) is 31.5 Å². The lowest BCUT2D eigenvalue weighted by atomic mass is 10.1. The summed E-state index contributed by atoms with van der Waals surface area (Å²) in [5.74, 6) is -1.26. The molecule has 5 nitrogen and oxygen atoms in total. The first-order chi connectivity index (χ1) is 7.86. The number of carbonyl (C=O) groups is 1. The number of alkyl halides is 3. The number of nitrogens with zero attached hydrogens (tertiary/aromatic N) is 3. The molecule has 0 atom stereocenters. The Hall–Kier alpha value is -1.38. The van der Waals surface area contributed by atoms with Gasteiger partial charge in [-0.05, 0) is 0 Å². The van der Waals surface area contributed by atoms with Crippen LogP contribution in [0.1, 0.15) is 12.7 Å². The fourth-order valence-electron chi connectivity index (χ4n) is 1.47. The third-order valence-electron chi connectivity index (χ3n) is 2.23. The van der Waals surface area contributed by atoms with Crippen molar-refractivity contribution in [3.8, 4) is 0 Å². The zero-order valence-electron chi connectivity index (χ0n) is 8.78. The van der Waals surface area contributed by atoms with Crippen LogP contribution in [0.15, 0.2) is 0 Å². The van der Waals surface area contributed by atoms with E-state index in [4.69, 9.17) is 0 Å². The van der Waals surface area contributed by atoms with Gasteiger partial charge in [-0.1, -0.05) is 0 Å². The van der Waals surface area contributed by atoms with Crippen molar-refractivity contribution in [1.29, 1.82) is 0 Å². The van der Waals surface area contributed by atoms with E-state index in [0.717, 1.165) is 0 Å². The van der Waals surface area contributed by atoms with E-state index in [-0.39, 0.29) is 17.1 Å². The molecule has 9 heteroatoms. The molecule has 0 radical (unpaired) electrons. The minimum atomic E-state index is -4.50. The van der Waals surface area contributed by atoms with E-state index in [1.165, 1.54) is 6.92 Å². The van der Waals surface area contributed by atoms with Crippen molar-refractivity contribution in [2.24, 2.45) is 0 Å². The number of rotatable bonds is 2. The fourth-order valence-corrected chi connectivity index (χ4v) is 2.18. The van der Waals surface area contributed by atoms with Gasteiger partial charge in [-0.25, -0.2) is 0 Å². The summed E-state index contributed by atoms with van der Waals surface area (Å²) in [7, 11) is 0. The molecule has 0 bridgehead atoms. The highest BCUT2D eigenvalue weighted by atomic mass is 32.1. The van der Waals surface area contributed by atoms with E-state index in [2.05, 4.69) is 14.7 Å². The predicted molar refractivity (Wildman–Crippen MR) is 54.7 cm³/mol. The second-order valence-electron chi connectivity index (χ2n) is 3.70. The van der Waals surface area contributed by atoms with Crippen LogP contribution in [-0.4, -0.2) is 34.4 Å². The lowest BCUT2D eigenvalue weighted by Gasteiger charge is -2.38. The summed E-state index contributed by atoms with van der Waals surface area (Å²) in [6.45, 7) is 2.33. The Labute approximate surface area is 98.8 Å². The fraction of sp³-hybridized carbons (Fsp3) is 0.625. The first-order valence-electron chi connectivity index (χ1n) is 4.79. The van der Waals surface area contributed by atoms with Crippen molar-refractivity contribution in [1.82, 2.24) is 14.7 Å². The molecule has 1 aliphatic heterocycles. The average Bonchev–Trinajstić information content (AvgIpc) is 2.57. The number of halogens is 3. The molecule has 1 aliphatic rings. The molecule has 1 amide bonds. The normalized spacial score (nSPS) is 16.8. The third kappa shape index (κ3) is 2.65. The van der Waals surface area contributed by atoms with E-state index in [1.807, 2.05) is 0 Å². The van der Waals surface area contributed by atoms with Crippen LogP contribution in [0.2, 0.25) is 0 Å². The van der Waals surface area contributed by atoms with Gasteiger partial charge in [0.05, 0.1) is 6.04 Å². The Balaban J connectivity index is 1.93. The molecule has 17 heavy (non-hydrogen) atoms. The lowest BCUT2D eigenvalue weighted by Crippen LogP contribution is -2.59. The first kappa shape index (κ1) is 12.1. The van der Waals surface area contributed by atoms with Crippen molar-refractivity contribution >= 4 is 22.6 Å². The maximum absolute atomic E-state index is 12.2. The monoisotopic (exact) mass is 266 g/mol. The standard InChI is InChI=1S/C8H9F3N4OS/c1-4(16)12-5-2-15(3-5)7-13-6(14-17-7)8(9,10)11/h5H,2-3H2,1H3,(H,12,16). The van der Waals surface area contributed by atoms with E-state index in [0.29, 0.717) is 24.6 Å². The second kappa shape index (κ2) is 4.13. The lowest BCUT2D eigenvalue weighted by molar-refractivity contribution is -0.144. The summed E-state index contributed by atoms with van der Waals surface area (Å²) in [4.78, 5) is 15.8. The maximum Gasteiger partial charge on any atom is 0.452 e. The molecule has 1 saturated heterocycles. The third-order valence-corrected chi connectivity index (χ3v) is 3.01. The van der Waals surface area contributed by atoms with Crippen molar-refractivity contribution in [3.05, 3.63) is 5.82 Å². The molecular weight excluding hydrogens is 257 g/mol. The quantitative estimate of drug-likeness (QED) is 0.863. The zero-order valence-corrected chi connectivity index (χ0v) is 9.60. The van der Waals surface area contributed by atoms with Crippen molar-refractivity contribution < 1.29 is 18.0 Å². The molecule has 1 aromatic rings. The number of aromatic nitrogens is 2. The maximum atomic E-state index is 12.2. The number of nitrogens with one attached hydrogen (secondary N) is 1. The van der Waals surface area contributed by atoms with E-state index in [1.54, 1.807) is 4.90 Å². The van der Waals surface area contributed by atoms with Crippen LogP contribution < -0.4 is 10.2 Å². The summed E-state index contributed by atoms with van der Waals surface area (Å²) in [6.07, 6.45) is -4.50. The van der Waals surface area contributed by atoms with Crippen LogP contribution in [0.5, 0.6) is 0 Å². The molecule has 1 N–H and O–H groups in total. The number of hydrogen-bond acceptors (Lipinski definition) is 5. The van der Waals surface area contributed by atoms with Gasteiger partial charge < -0.3 is 10.2 Å². The number of hydrogen-bond donors (Lipinski definition) is 1. The summed E-state index contributed by atoms with van der Waals surface area (Å²) < 4.78 is 40.0. The minimum Gasteiger partial charge on any atom is -0.350 e. The summed E-state index contributed by atoms with van der Waals surface area (Å²) >= 11 is 0.713. The van der Waals surface area contributed by atoms with Crippen LogP contribution >= 0.6 is 11.5 Å². The van der Waals surface area contributed by atoms with Crippen molar-refractivity contribution in [3.63, 3.8) is 0 Å². The SMILES string of the molecule is CC(=O)NC1CN(c2nc(C(F)(F)F)ns2)C1. The molecule has 2 rings (SSSR count). The van der Waals surface area contributed by atoms with Crippen LogP contribution in [0, 0.1) is 0 Å². The van der Waals surface area contributed by atoms with E-state index >= 15 is 0 Å². The first-order valence-corrected chi connectivity index (χ1v) is 5.56. The topological polar surface area (TPSA) is 58.1 Å². The molecular formula is C8H9F3N4OS. The Morgan fingerprint density at radius 2 is 2.18 bits per heavy atom. The van der Waals surface area contributed by atoms with Crippen molar-refractivity contribution in [2.45, 2.75) is 19.1 Å². The summed E-state index contributed by atoms with van der Waals surface area (Å²) in [5, 5.41) is 2.90. The molecule has 0 unspecified atom stereocenters. The molecule has 1 fully saturated rings. The number of carbonyl (C=O) groups excluding carboxylic acids is 1. The van der Waals surface area contributed by atoms with Gasteiger partial charge in [0.15, 0.2) is 0 Å². The molecule has 0 saturated carbocycles. The van der Waals surface area contributed by atoms with Crippen LogP contribution in [-0.2, 0) is 11.0 Å². The smallest absolute Gasteiger partial charge is 0.350 e. The van der Waals surface area contributed by atoms with Gasteiger partial charge in [-0.15, -0.1) is 0 Å². The predicted octanol–water partition coefficient (Wildman–Crippen LogP) is 0.882. The zero-order chi connectivity index (χ0) is 12.6. The Kier molecular flexibility index (Phi) is 2.94. The molecule has 0 aliphatic carbocycles. The highest BCUT2D eigenvalue weighted by Crippen LogP contribution is 2.31. The van der Waals surface area contributed by atoms with Crippen LogP contribution in [0.3, 0.4) is 0 Å². The molecule has 1 aromatic heterocycles. The van der Waals surface area contributed by atoms with Crippen molar-refractivity contribution in [2.75, 3.05) is 18.0 Å². The Morgan fingerprint density at radius 1 is 1.53 bits per heavy atom. The van der Waals surface area contributed by atoms with Gasteiger partial charge in [-0.2, -0.15) is 22.5 Å². The van der Waals surface area contributed by atoms with Gasteiger partial charge >= 0.3 is 6.18 Å². The highest BCUT2D eigenvalue weighted by Gasteiger charge is 2.38. The molecule has 0 aromatic carbocycles. The summed E-state index contributed by atoms with van der Waals surface area (Å²) in [5.41, 5.74) is 0. The number of amides is 1. The largest absolute Gasteiger partial charge is 0.452 e. The summed E-state index contributed by atoms with van der Waals surface area (Å²) in [6, 6.07) is -0.0225. The van der Waals surface area contributed by atoms with Crippen LogP contribution in [0.4, 0.5) is 18.3 Å². The van der Waals surface area contributed by atoms with Gasteiger partial charge in [0.25, 0.3) is 0 Å². The highest BCUT2D eigenvalue weighted by molar-refractivity contribution is 7.09. The van der Waals surface area contributed by atoms with E-state index in [9.17, 15) is 18.0 Å². The van der Waals surface area contributed by atoms with Gasteiger partial charge in [0.1, 0.15) is 0 Å². The van der Waals surface area contributed by atoms with Crippen LogP contribution in [0.25, 0.3) is 0 Å². The number of anilines is 1. The Bertz CT molecular complexity index is 427. The van der Waals surface area contributed by atoms with Gasteiger partial charge in [-0.3, -0.25) is 4.79 Å². The molecule has 0 spiro atoms.